The SMILES string of the molecule is Cc1cc(OCC(C)C)ccc1N=O. The second-order valence-electron chi connectivity index (χ2n) is 3.74. The van der Waals surface area contributed by atoms with E-state index in [9.17, 15) is 4.91 Å². The number of nitrogens with zero attached hydrogens (tertiary/aromatic N) is 1. The van der Waals surface area contributed by atoms with Crippen LogP contribution in [0.25, 0.3) is 0 Å². The van der Waals surface area contributed by atoms with E-state index in [4.69, 9.17) is 4.74 Å². The van der Waals surface area contributed by atoms with Gasteiger partial charge in [0.2, 0.25) is 0 Å². The van der Waals surface area contributed by atoms with Gasteiger partial charge in [0.25, 0.3) is 0 Å². The van der Waals surface area contributed by atoms with Gasteiger partial charge in [-0.2, -0.15) is 0 Å². The third kappa shape index (κ3) is 2.83. The molecule has 0 aliphatic heterocycles. The summed E-state index contributed by atoms with van der Waals surface area (Å²) >= 11 is 0. The van der Waals surface area contributed by atoms with Gasteiger partial charge in [0.05, 0.1) is 6.61 Å². The number of benzene rings is 1. The average Bonchev–Trinajstić information content (AvgIpc) is 2.15. The van der Waals surface area contributed by atoms with Crippen LogP contribution in [0.3, 0.4) is 0 Å². The minimum atomic E-state index is 0.474. The quantitative estimate of drug-likeness (QED) is 0.687. The summed E-state index contributed by atoms with van der Waals surface area (Å²) in [7, 11) is 0. The topological polar surface area (TPSA) is 38.7 Å². The van der Waals surface area contributed by atoms with Gasteiger partial charge in [-0.15, -0.1) is 4.91 Å². The molecule has 0 unspecified atom stereocenters. The first kappa shape index (κ1) is 10.7. The Bertz CT molecular complexity index is 321. The molecule has 1 aromatic carbocycles. The zero-order valence-corrected chi connectivity index (χ0v) is 8.78. The summed E-state index contributed by atoms with van der Waals surface area (Å²) in [6, 6.07) is 5.28. The molecular formula is C11H15NO2. The van der Waals surface area contributed by atoms with Crippen molar-refractivity contribution in [2.45, 2.75) is 20.8 Å². The molecule has 0 amide bonds. The standard InChI is InChI=1S/C11H15NO2/c1-8(2)7-14-10-4-5-11(12-13)9(3)6-10/h4-6,8H,7H2,1-3H3. The van der Waals surface area contributed by atoms with E-state index in [0.717, 1.165) is 11.3 Å². The average molecular weight is 193 g/mol. The highest BCUT2D eigenvalue weighted by atomic mass is 16.5. The van der Waals surface area contributed by atoms with E-state index in [1.807, 2.05) is 13.0 Å². The molecule has 0 saturated heterocycles. The molecule has 3 nitrogen and oxygen atoms in total. The van der Waals surface area contributed by atoms with Crippen molar-refractivity contribution in [3.05, 3.63) is 28.7 Å². The Morgan fingerprint density at radius 3 is 2.64 bits per heavy atom. The Kier molecular flexibility index (Phi) is 3.63. The fourth-order valence-electron chi connectivity index (χ4n) is 1.08. The number of hydrogen-bond donors (Lipinski definition) is 0. The van der Waals surface area contributed by atoms with Crippen molar-refractivity contribution in [3.8, 4) is 5.75 Å². The van der Waals surface area contributed by atoms with Crippen LogP contribution in [0.15, 0.2) is 23.4 Å². The Balaban J connectivity index is 2.71. The number of rotatable bonds is 4. The first-order valence-corrected chi connectivity index (χ1v) is 4.70. The molecule has 0 spiro atoms. The van der Waals surface area contributed by atoms with E-state index in [2.05, 4.69) is 19.0 Å². The van der Waals surface area contributed by atoms with Crippen LogP contribution in [-0.2, 0) is 0 Å². The Hall–Kier alpha value is -1.38. The molecule has 0 atom stereocenters. The van der Waals surface area contributed by atoms with E-state index >= 15 is 0 Å². The van der Waals surface area contributed by atoms with Crippen LogP contribution < -0.4 is 4.74 Å². The normalized spacial score (nSPS) is 10.3. The molecule has 0 N–H and O–H groups in total. The van der Waals surface area contributed by atoms with Gasteiger partial charge in [0, 0.05) is 0 Å². The van der Waals surface area contributed by atoms with Gasteiger partial charge >= 0.3 is 0 Å². The van der Waals surface area contributed by atoms with E-state index in [0.29, 0.717) is 18.2 Å². The van der Waals surface area contributed by atoms with Crippen molar-refractivity contribution in [2.24, 2.45) is 11.1 Å². The maximum Gasteiger partial charge on any atom is 0.119 e. The molecule has 0 aromatic heterocycles. The minimum Gasteiger partial charge on any atom is -0.493 e. The lowest BCUT2D eigenvalue weighted by Gasteiger charge is -2.09. The van der Waals surface area contributed by atoms with E-state index in [1.165, 1.54) is 0 Å². The first-order valence-electron chi connectivity index (χ1n) is 4.70. The van der Waals surface area contributed by atoms with Gasteiger partial charge in [-0.3, -0.25) is 0 Å². The van der Waals surface area contributed by atoms with Crippen LogP contribution in [0.4, 0.5) is 5.69 Å². The van der Waals surface area contributed by atoms with Crippen molar-refractivity contribution < 1.29 is 4.74 Å². The second kappa shape index (κ2) is 4.74. The van der Waals surface area contributed by atoms with Gasteiger partial charge in [0.15, 0.2) is 0 Å². The summed E-state index contributed by atoms with van der Waals surface area (Å²) in [4.78, 5) is 10.3. The molecular weight excluding hydrogens is 178 g/mol. The third-order valence-corrected chi connectivity index (χ3v) is 1.85. The summed E-state index contributed by atoms with van der Waals surface area (Å²) in [6.07, 6.45) is 0. The third-order valence-electron chi connectivity index (χ3n) is 1.85. The predicted molar refractivity (Wildman–Crippen MR) is 57.0 cm³/mol. The lowest BCUT2D eigenvalue weighted by Crippen LogP contribution is -2.04. The van der Waals surface area contributed by atoms with Gasteiger partial charge in [0.1, 0.15) is 11.4 Å². The molecule has 0 bridgehead atoms. The van der Waals surface area contributed by atoms with Gasteiger partial charge < -0.3 is 4.74 Å². The molecule has 3 heteroatoms. The fourth-order valence-corrected chi connectivity index (χ4v) is 1.08. The molecule has 14 heavy (non-hydrogen) atoms. The number of ether oxygens (including phenoxy) is 1. The van der Waals surface area contributed by atoms with Crippen LogP contribution in [-0.4, -0.2) is 6.61 Å². The van der Waals surface area contributed by atoms with E-state index < -0.39 is 0 Å². The summed E-state index contributed by atoms with van der Waals surface area (Å²) in [5.74, 6) is 1.29. The van der Waals surface area contributed by atoms with Crippen LogP contribution in [0.5, 0.6) is 5.75 Å². The molecule has 0 radical (unpaired) electrons. The number of hydrogen-bond acceptors (Lipinski definition) is 3. The summed E-state index contributed by atoms with van der Waals surface area (Å²) in [5.41, 5.74) is 1.32. The van der Waals surface area contributed by atoms with E-state index in [-0.39, 0.29) is 0 Å². The molecule has 76 valence electrons. The first-order chi connectivity index (χ1) is 6.63. The predicted octanol–water partition coefficient (Wildman–Crippen LogP) is 3.43. The Morgan fingerprint density at radius 2 is 2.14 bits per heavy atom. The van der Waals surface area contributed by atoms with Crippen LogP contribution in [0.2, 0.25) is 0 Å². The van der Waals surface area contributed by atoms with Gasteiger partial charge in [-0.05, 0) is 41.8 Å². The van der Waals surface area contributed by atoms with Crippen molar-refractivity contribution >= 4 is 5.69 Å². The van der Waals surface area contributed by atoms with E-state index in [1.54, 1.807) is 12.1 Å². The van der Waals surface area contributed by atoms with Gasteiger partial charge in [-0.25, -0.2) is 0 Å². The smallest absolute Gasteiger partial charge is 0.119 e. The molecule has 1 aromatic rings. The molecule has 0 fully saturated rings. The highest BCUT2D eigenvalue weighted by molar-refractivity contribution is 5.48. The second-order valence-corrected chi connectivity index (χ2v) is 3.74. The zero-order valence-electron chi connectivity index (χ0n) is 8.78. The van der Waals surface area contributed by atoms with Crippen LogP contribution in [0, 0.1) is 17.7 Å². The Labute approximate surface area is 84.1 Å². The zero-order chi connectivity index (χ0) is 10.6. The van der Waals surface area contributed by atoms with Crippen molar-refractivity contribution in [1.82, 2.24) is 0 Å². The monoisotopic (exact) mass is 193 g/mol. The van der Waals surface area contributed by atoms with Crippen LogP contribution in [0.1, 0.15) is 19.4 Å². The fraction of sp³-hybridized carbons (Fsp3) is 0.455. The van der Waals surface area contributed by atoms with Crippen LogP contribution >= 0.6 is 0 Å². The molecule has 0 heterocycles. The highest BCUT2D eigenvalue weighted by Crippen LogP contribution is 2.23. The van der Waals surface area contributed by atoms with Crippen molar-refractivity contribution in [3.63, 3.8) is 0 Å². The van der Waals surface area contributed by atoms with Crippen molar-refractivity contribution in [2.75, 3.05) is 6.61 Å². The minimum absolute atomic E-state index is 0.474. The summed E-state index contributed by atoms with van der Waals surface area (Å²) in [5, 5.41) is 2.90. The van der Waals surface area contributed by atoms with Gasteiger partial charge in [-0.1, -0.05) is 13.8 Å². The number of nitroso groups, excluding NO2 is 1. The molecule has 0 aliphatic rings. The lowest BCUT2D eigenvalue weighted by atomic mass is 10.2. The molecule has 0 aliphatic carbocycles. The summed E-state index contributed by atoms with van der Waals surface area (Å²) in [6.45, 7) is 6.72. The lowest BCUT2D eigenvalue weighted by molar-refractivity contribution is 0.271. The maximum absolute atomic E-state index is 10.3. The maximum atomic E-state index is 10.3. The molecule has 1 rings (SSSR count). The molecule has 0 saturated carbocycles. The highest BCUT2D eigenvalue weighted by Gasteiger charge is 2.01. The Morgan fingerprint density at radius 1 is 1.43 bits per heavy atom. The largest absolute Gasteiger partial charge is 0.493 e. The number of aryl methyl sites for hydroxylation is 1. The summed E-state index contributed by atoms with van der Waals surface area (Å²) < 4.78 is 5.50. The van der Waals surface area contributed by atoms with Crippen molar-refractivity contribution in [1.29, 1.82) is 0 Å².